The second kappa shape index (κ2) is 6.60. The molecular weight excluding hydrogens is 312 g/mol. The highest BCUT2D eigenvalue weighted by atomic mass is 32.1. The molecule has 1 aromatic heterocycles. The Hall–Kier alpha value is -2.05. The van der Waals surface area contributed by atoms with Crippen LogP contribution in [0.15, 0.2) is 35.7 Å². The molecule has 0 saturated carbocycles. The van der Waals surface area contributed by atoms with Crippen LogP contribution in [0.5, 0.6) is 5.75 Å². The van der Waals surface area contributed by atoms with Crippen molar-refractivity contribution in [3.05, 3.63) is 46.2 Å². The van der Waals surface area contributed by atoms with Gasteiger partial charge < -0.3 is 20.5 Å². The Morgan fingerprint density at radius 3 is 3.04 bits per heavy atom. The number of hydrogen-bond donors (Lipinski definition) is 3. The lowest BCUT2D eigenvalue weighted by atomic mass is 9.83. The molecule has 122 valence electrons. The fourth-order valence-corrected chi connectivity index (χ4v) is 3.97. The highest BCUT2D eigenvalue weighted by Crippen LogP contribution is 2.37. The summed E-state index contributed by atoms with van der Waals surface area (Å²) in [7, 11) is 1.56. The third-order valence-electron chi connectivity index (χ3n) is 4.14. The molecule has 1 aromatic carbocycles. The monoisotopic (exact) mass is 332 g/mol. The molecule has 23 heavy (non-hydrogen) atoms. The van der Waals surface area contributed by atoms with Crippen LogP contribution in [0.2, 0.25) is 0 Å². The van der Waals surface area contributed by atoms with E-state index in [4.69, 9.17) is 4.74 Å². The first-order chi connectivity index (χ1) is 11.1. The summed E-state index contributed by atoms with van der Waals surface area (Å²) in [6.07, 6.45) is 2.59. The van der Waals surface area contributed by atoms with Gasteiger partial charge in [0.1, 0.15) is 11.4 Å². The number of para-hydroxylation sites is 2. The lowest BCUT2D eigenvalue weighted by Crippen LogP contribution is -2.43. The van der Waals surface area contributed by atoms with Gasteiger partial charge >= 0.3 is 6.03 Å². The third-order valence-corrected chi connectivity index (χ3v) is 5.12. The molecule has 0 spiro atoms. The van der Waals surface area contributed by atoms with Crippen molar-refractivity contribution in [1.29, 1.82) is 0 Å². The average Bonchev–Trinajstić information content (AvgIpc) is 3.04. The van der Waals surface area contributed by atoms with Crippen LogP contribution in [-0.4, -0.2) is 24.8 Å². The Bertz CT molecular complexity index is 701. The van der Waals surface area contributed by atoms with Crippen molar-refractivity contribution in [2.75, 3.05) is 19.0 Å². The number of ether oxygens (including phenoxy) is 1. The maximum Gasteiger partial charge on any atom is 0.319 e. The number of methoxy groups -OCH3 is 1. The number of hydrogen-bond acceptors (Lipinski definition) is 4. The Morgan fingerprint density at radius 2 is 2.22 bits per heavy atom. The first-order valence-corrected chi connectivity index (χ1v) is 8.47. The van der Waals surface area contributed by atoms with Gasteiger partial charge in [0.05, 0.1) is 19.3 Å². The van der Waals surface area contributed by atoms with E-state index in [0.29, 0.717) is 17.9 Å². The molecule has 6 heteroatoms. The first-order valence-electron chi connectivity index (χ1n) is 7.59. The van der Waals surface area contributed by atoms with E-state index in [9.17, 15) is 9.90 Å². The van der Waals surface area contributed by atoms with E-state index < -0.39 is 5.60 Å². The van der Waals surface area contributed by atoms with Crippen molar-refractivity contribution in [2.24, 2.45) is 0 Å². The van der Waals surface area contributed by atoms with Crippen LogP contribution < -0.4 is 15.4 Å². The number of carbonyl (C=O) groups is 1. The van der Waals surface area contributed by atoms with Crippen molar-refractivity contribution in [3.8, 4) is 5.75 Å². The van der Waals surface area contributed by atoms with E-state index in [1.165, 1.54) is 4.88 Å². The fraction of sp³-hybridized carbons (Fsp3) is 0.353. The molecule has 5 nitrogen and oxygen atoms in total. The number of rotatable bonds is 4. The zero-order chi connectivity index (χ0) is 16.3. The van der Waals surface area contributed by atoms with Gasteiger partial charge in [-0.3, -0.25) is 0 Å². The SMILES string of the molecule is COc1ccccc1NC(=O)NCC1(O)CCCc2sccc21. The van der Waals surface area contributed by atoms with Crippen LogP contribution >= 0.6 is 11.3 Å². The number of carbonyl (C=O) groups excluding carboxylic acids is 1. The molecule has 3 N–H and O–H groups in total. The molecule has 0 radical (unpaired) electrons. The van der Waals surface area contributed by atoms with Crippen molar-refractivity contribution in [1.82, 2.24) is 5.32 Å². The van der Waals surface area contributed by atoms with Crippen LogP contribution in [0.1, 0.15) is 23.3 Å². The summed E-state index contributed by atoms with van der Waals surface area (Å²) in [5.41, 5.74) is 0.566. The number of benzene rings is 1. The van der Waals surface area contributed by atoms with Crippen LogP contribution in [-0.2, 0) is 12.0 Å². The van der Waals surface area contributed by atoms with Gasteiger partial charge in [-0.25, -0.2) is 4.79 Å². The number of aryl methyl sites for hydroxylation is 1. The second-order valence-corrected chi connectivity index (χ2v) is 6.65. The number of urea groups is 1. The number of aliphatic hydroxyl groups is 1. The maximum atomic E-state index is 12.1. The molecule has 0 bridgehead atoms. The highest BCUT2D eigenvalue weighted by Gasteiger charge is 2.35. The van der Waals surface area contributed by atoms with Gasteiger partial charge in [-0.2, -0.15) is 0 Å². The van der Waals surface area contributed by atoms with Crippen molar-refractivity contribution < 1.29 is 14.6 Å². The molecule has 0 aliphatic heterocycles. The lowest BCUT2D eigenvalue weighted by Gasteiger charge is -2.32. The number of anilines is 1. The van der Waals surface area contributed by atoms with E-state index in [2.05, 4.69) is 10.6 Å². The Labute approximate surface area is 139 Å². The predicted molar refractivity (Wildman–Crippen MR) is 91.2 cm³/mol. The standard InChI is InChI=1S/C17H20N2O3S/c1-22-14-6-3-2-5-13(14)19-16(20)18-11-17(21)9-4-7-15-12(17)8-10-23-15/h2-3,5-6,8,10,21H,4,7,9,11H2,1H3,(H2,18,19,20). The molecule has 2 amide bonds. The molecule has 1 aliphatic rings. The topological polar surface area (TPSA) is 70.6 Å². The van der Waals surface area contributed by atoms with Crippen LogP contribution in [0, 0.1) is 0 Å². The maximum absolute atomic E-state index is 12.1. The van der Waals surface area contributed by atoms with Crippen molar-refractivity contribution in [2.45, 2.75) is 24.9 Å². The molecule has 0 saturated heterocycles. The number of thiophene rings is 1. The van der Waals surface area contributed by atoms with Crippen molar-refractivity contribution in [3.63, 3.8) is 0 Å². The molecule has 0 fully saturated rings. The molecule has 2 aromatic rings. The number of nitrogens with one attached hydrogen (secondary N) is 2. The fourth-order valence-electron chi connectivity index (χ4n) is 2.95. The Morgan fingerprint density at radius 1 is 1.39 bits per heavy atom. The lowest BCUT2D eigenvalue weighted by molar-refractivity contribution is 0.0229. The summed E-state index contributed by atoms with van der Waals surface area (Å²) in [5.74, 6) is 0.596. The van der Waals surface area contributed by atoms with E-state index in [1.807, 2.05) is 23.6 Å². The van der Waals surface area contributed by atoms with Gasteiger partial charge in [0.2, 0.25) is 0 Å². The van der Waals surface area contributed by atoms with Gasteiger partial charge in [0.15, 0.2) is 0 Å². The van der Waals surface area contributed by atoms with Gasteiger partial charge in [0, 0.05) is 4.88 Å². The predicted octanol–water partition coefficient (Wildman–Crippen LogP) is 3.10. The zero-order valence-electron chi connectivity index (χ0n) is 13.0. The Balaban J connectivity index is 1.64. The summed E-state index contributed by atoms with van der Waals surface area (Å²) in [6.45, 7) is 0.192. The quantitative estimate of drug-likeness (QED) is 0.806. The van der Waals surface area contributed by atoms with E-state index in [1.54, 1.807) is 30.6 Å². The molecule has 1 heterocycles. The second-order valence-electron chi connectivity index (χ2n) is 5.65. The number of amides is 2. The zero-order valence-corrected chi connectivity index (χ0v) is 13.8. The number of fused-ring (bicyclic) bond motifs is 1. The molecular formula is C17H20N2O3S. The molecule has 1 aliphatic carbocycles. The van der Waals surface area contributed by atoms with Gasteiger partial charge in [0.25, 0.3) is 0 Å². The smallest absolute Gasteiger partial charge is 0.319 e. The third kappa shape index (κ3) is 3.33. The highest BCUT2D eigenvalue weighted by molar-refractivity contribution is 7.10. The van der Waals surface area contributed by atoms with Gasteiger partial charge in [-0.05, 0) is 48.4 Å². The summed E-state index contributed by atoms with van der Waals surface area (Å²) in [5, 5.41) is 18.4. The van der Waals surface area contributed by atoms with Crippen LogP contribution in [0.3, 0.4) is 0 Å². The average molecular weight is 332 g/mol. The molecule has 3 rings (SSSR count). The largest absolute Gasteiger partial charge is 0.495 e. The summed E-state index contributed by atoms with van der Waals surface area (Å²) in [4.78, 5) is 13.3. The summed E-state index contributed by atoms with van der Waals surface area (Å²) >= 11 is 1.66. The van der Waals surface area contributed by atoms with E-state index in [-0.39, 0.29) is 12.6 Å². The molecule has 1 atom stereocenters. The van der Waals surface area contributed by atoms with Crippen LogP contribution in [0.4, 0.5) is 10.5 Å². The normalized spacial score (nSPS) is 19.7. The minimum atomic E-state index is -0.980. The van der Waals surface area contributed by atoms with Crippen LogP contribution in [0.25, 0.3) is 0 Å². The Kier molecular flexibility index (Phi) is 4.54. The molecule has 1 unspecified atom stereocenters. The van der Waals surface area contributed by atoms with E-state index >= 15 is 0 Å². The summed E-state index contributed by atoms with van der Waals surface area (Å²) in [6, 6.07) is 8.81. The first kappa shape index (κ1) is 15.8. The van der Waals surface area contributed by atoms with Gasteiger partial charge in [-0.15, -0.1) is 11.3 Å². The van der Waals surface area contributed by atoms with Crippen molar-refractivity contribution >= 4 is 23.1 Å². The summed E-state index contributed by atoms with van der Waals surface area (Å²) < 4.78 is 5.21. The minimum absolute atomic E-state index is 0.192. The minimum Gasteiger partial charge on any atom is -0.495 e. The van der Waals surface area contributed by atoms with Gasteiger partial charge in [-0.1, -0.05) is 12.1 Å². The van der Waals surface area contributed by atoms with E-state index in [0.717, 1.165) is 18.4 Å².